The first kappa shape index (κ1) is 15.0. The minimum atomic E-state index is -0.0814. The number of hydrogen-bond acceptors (Lipinski definition) is 1. The Hall–Kier alpha value is -0.410. The highest BCUT2D eigenvalue weighted by Crippen LogP contribution is 2.40. The summed E-state index contributed by atoms with van der Waals surface area (Å²) >= 11 is 22.0. The molecule has 2 aromatic rings. The van der Waals surface area contributed by atoms with Crippen molar-refractivity contribution in [1.82, 2.24) is 0 Å². The van der Waals surface area contributed by atoms with Crippen molar-refractivity contribution >= 4 is 50.7 Å². The first-order valence-electron chi connectivity index (χ1n) is 5.45. The van der Waals surface area contributed by atoms with Crippen LogP contribution in [0.5, 0.6) is 5.75 Å². The first-order chi connectivity index (χ1) is 9.02. The van der Waals surface area contributed by atoms with Gasteiger partial charge >= 0.3 is 0 Å². The highest BCUT2D eigenvalue weighted by atomic mass is 79.9. The molecule has 0 aliphatic heterocycles. The van der Waals surface area contributed by atoms with E-state index in [4.69, 9.17) is 39.5 Å². The summed E-state index contributed by atoms with van der Waals surface area (Å²) in [6, 6.07) is 11.1. The second kappa shape index (κ2) is 6.36. The maximum atomic E-state index is 6.26. The van der Waals surface area contributed by atoms with E-state index >= 15 is 0 Å². The lowest BCUT2D eigenvalue weighted by atomic mass is 10.0. The number of benzene rings is 2. The Morgan fingerprint density at radius 3 is 2.42 bits per heavy atom. The first-order valence-corrected chi connectivity index (χ1v) is 7.50. The van der Waals surface area contributed by atoms with E-state index in [0.717, 1.165) is 11.1 Å². The third kappa shape index (κ3) is 3.38. The molecule has 0 aliphatic carbocycles. The molecule has 0 aliphatic rings. The van der Waals surface area contributed by atoms with Gasteiger partial charge in [-0.15, -0.1) is 0 Å². The smallest absolute Gasteiger partial charge is 0.138 e. The standard InChI is InChI=1S/C14H10BrCl3O/c1-19-13-7-11(17)10(6-12(13)18)14(15)8-3-2-4-9(16)5-8/h2-7,14H,1H3. The fourth-order valence-corrected chi connectivity index (χ4v) is 3.24. The van der Waals surface area contributed by atoms with Gasteiger partial charge in [0.25, 0.3) is 0 Å². The fraction of sp³-hybridized carbons (Fsp3) is 0.143. The van der Waals surface area contributed by atoms with Gasteiger partial charge in [0, 0.05) is 16.1 Å². The topological polar surface area (TPSA) is 9.23 Å². The quantitative estimate of drug-likeness (QED) is 0.581. The van der Waals surface area contributed by atoms with Crippen LogP contribution in [0.25, 0.3) is 0 Å². The summed E-state index contributed by atoms with van der Waals surface area (Å²) in [6.45, 7) is 0. The zero-order valence-electron chi connectivity index (χ0n) is 9.96. The van der Waals surface area contributed by atoms with Gasteiger partial charge in [0.05, 0.1) is 17.0 Å². The van der Waals surface area contributed by atoms with Gasteiger partial charge in [0.15, 0.2) is 0 Å². The molecule has 0 spiro atoms. The summed E-state index contributed by atoms with van der Waals surface area (Å²) in [5.41, 5.74) is 1.88. The zero-order valence-corrected chi connectivity index (χ0v) is 13.8. The molecule has 5 heteroatoms. The van der Waals surface area contributed by atoms with Gasteiger partial charge in [-0.3, -0.25) is 0 Å². The molecule has 0 fully saturated rings. The maximum Gasteiger partial charge on any atom is 0.138 e. The summed E-state index contributed by atoms with van der Waals surface area (Å²) < 4.78 is 5.13. The summed E-state index contributed by atoms with van der Waals surface area (Å²) in [5.74, 6) is 0.557. The van der Waals surface area contributed by atoms with Gasteiger partial charge < -0.3 is 4.74 Å². The lowest BCUT2D eigenvalue weighted by Crippen LogP contribution is -1.95. The molecule has 1 nitrogen and oxygen atoms in total. The van der Waals surface area contributed by atoms with E-state index < -0.39 is 0 Å². The Morgan fingerprint density at radius 2 is 1.79 bits per heavy atom. The molecular formula is C14H10BrCl3O. The van der Waals surface area contributed by atoms with E-state index in [1.807, 2.05) is 24.3 Å². The molecular weight excluding hydrogens is 370 g/mol. The molecule has 0 aromatic heterocycles. The van der Waals surface area contributed by atoms with Crippen molar-refractivity contribution < 1.29 is 4.74 Å². The van der Waals surface area contributed by atoms with Crippen LogP contribution in [0.3, 0.4) is 0 Å². The van der Waals surface area contributed by atoms with Crippen molar-refractivity contribution in [3.8, 4) is 5.75 Å². The number of halogens is 4. The van der Waals surface area contributed by atoms with Gasteiger partial charge in [0.2, 0.25) is 0 Å². The van der Waals surface area contributed by atoms with Crippen LogP contribution in [0.4, 0.5) is 0 Å². The molecule has 0 heterocycles. The minimum Gasteiger partial charge on any atom is -0.495 e. The largest absolute Gasteiger partial charge is 0.495 e. The molecule has 19 heavy (non-hydrogen) atoms. The molecule has 1 unspecified atom stereocenters. The minimum absolute atomic E-state index is 0.0814. The van der Waals surface area contributed by atoms with Crippen molar-refractivity contribution in [2.24, 2.45) is 0 Å². The van der Waals surface area contributed by atoms with Gasteiger partial charge in [-0.1, -0.05) is 62.9 Å². The highest BCUT2D eigenvalue weighted by Gasteiger charge is 2.17. The lowest BCUT2D eigenvalue weighted by Gasteiger charge is -2.15. The molecule has 0 radical (unpaired) electrons. The number of hydrogen-bond donors (Lipinski definition) is 0. The van der Waals surface area contributed by atoms with Crippen molar-refractivity contribution in [1.29, 1.82) is 0 Å². The second-order valence-corrected chi connectivity index (χ2v) is 6.09. The normalized spacial score (nSPS) is 12.3. The van der Waals surface area contributed by atoms with E-state index in [0.29, 0.717) is 20.8 Å². The molecule has 0 saturated carbocycles. The van der Waals surface area contributed by atoms with Crippen LogP contribution >= 0.6 is 50.7 Å². The number of rotatable bonds is 3. The van der Waals surface area contributed by atoms with Crippen LogP contribution in [0, 0.1) is 0 Å². The molecule has 2 aromatic carbocycles. The zero-order chi connectivity index (χ0) is 14.0. The molecule has 1 atom stereocenters. The molecule has 0 amide bonds. The Morgan fingerprint density at radius 1 is 1.05 bits per heavy atom. The van der Waals surface area contributed by atoms with Gasteiger partial charge in [0.1, 0.15) is 5.75 Å². The summed E-state index contributed by atoms with van der Waals surface area (Å²) in [4.78, 5) is -0.0814. The predicted octanol–water partition coefficient (Wildman–Crippen LogP) is 6.14. The van der Waals surface area contributed by atoms with E-state index in [1.165, 1.54) is 0 Å². The van der Waals surface area contributed by atoms with Crippen LogP contribution < -0.4 is 4.74 Å². The highest BCUT2D eigenvalue weighted by molar-refractivity contribution is 9.09. The summed E-state index contributed by atoms with van der Waals surface area (Å²) in [6.07, 6.45) is 0. The molecule has 100 valence electrons. The lowest BCUT2D eigenvalue weighted by molar-refractivity contribution is 0.415. The van der Waals surface area contributed by atoms with E-state index in [1.54, 1.807) is 19.2 Å². The average Bonchev–Trinajstić information content (AvgIpc) is 2.40. The Bertz CT molecular complexity index is 601. The Balaban J connectivity index is 2.44. The number of methoxy groups -OCH3 is 1. The second-order valence-electron chi connectivity index (χ2n) is 3.93. The number of alkyl halides is 1. The number of ether oxygens (including phenoxy) is 1. The van der Waals surface area contributed by atoms with Crippen LogP contribution in [0.15, 0.2) is 36.4 Å². The van der Waals surface area contributed by atoms with Crippen molar-refractivity contribution in [2.75, 3.05) is 7.11 Å². The monoisotopic (exact) mass is 378 g/mol. The molecule has 0 N–H and O–H groups in total. The summed E-state index contributed by atoms with van der Waals surface area (Å²) in [7, 11) is 1.56. The van der Waals surface area contributed by atoms with E-state index in [9.17, 15) is 0 Å². The maximum absolute atomic E-state index is 6.26. The van der Waals surface area contributed by atoms with E-state index in [2.05, 4.69) is 15.9 Å². The Labute approximate surface area is 135 Å². The van der Waals surface area contributed by atoms with Crippen LogP contribution in [0.1, 0.15) is 16.0 Å². The fourth-order valence-electron chi connectivity index (χ4n) is 1.74. The van der Waals surface area contributed by atoms with Crippen molar-refractivity contribution in [3.63, 3.8) is 0 Å². The van der Waals surface area contributed by atoms with Crippen molar-refractivity contribution in [3.05, 3.63) is 62.6 Å². The summed E-state index contributed by atoms with van der Waals surface area (Å²) in [5, 5.41) is 1.79. The molecule has 2 rings (SSSR count). The molecule has 0 saturated heterocycles. The van der Waals surface area contributed by atoms with Crippen LogP contribution in [-0.2, 0) is 0 Å². The van der Waals surface area contributed by atoms with E-state index in [-0.39, 0.29) is 4.83 Å². The SMILES string of the molecule is COc1cc(Cl)c(C(Br)c2cccc(Cl)c2)cc1Cl. The third-order valence-electron chi connectivity index (χ3n) is 2.69. The van der Waals surface area contributed by atoms with Crippen molar-refractivity contribution in [2.45, 2.75) is 4.83 Å². The van der Waals surface area contributed by atoms with Gasteiger partial charge in [-0.05, 0) is 29.3 Å². The predicted molar refractivity (Wildman–Crippen MR) is 85.2 cm³/mol. The van der Waals surface area contributed by atoms with Gasteiger partial charge in [-0.2, -0.15) is 0 Å². The van der Waals surface area contributed by atoms with Crippen LogP contribution in [-0.4, -0.2) is 7.11 Å². The third-order valence-corrected chi connectivity index (χ3v) is 4.57. The van der Waals surface area contributed by atoms with Gasteiger partial charge in [-0.25, -0.2) is 0 Å². The molecule has 0 bridgehead atoms. The Kier molecular flexibility index (Phi) is 5.02. The van der Waals surface area contributed by atoms with Crippen LogP contribution in [0.2, 0.25) is 15.1 Å². The average molecular weight is 380 g/mol.